The number of hydrogen-bond donors (Lipinski definition) is 0. The van der Waals surface area contributed by atoms with Gasteiger partial charge in [-0.15, -0.1) is 0 Å². The van der Waals surface area contributed by atoms with Crippen molar-refractivity contribution in [3.05, 3.63) is 70.0 Å². The van der Waals surface area contributed by atoms with Gasteiger partial charge in [-0.25, -0.2) is 0 Å². The van der Waals surface area contributed by atoms with E-state index in [1.165, 1.54) is 27.7 Å². The van der Waals surface area contributed by atoms with Crippen LogP contribution in [0.3, 0.4) is 0 Å². The first-order chi connectivity index (χ1) is 13.7. The summed E-state index contributed by atoms with van der Waals surface area (Å²) in [6, 6.07) is 7.75. The number of carbonyl (C=O) groups excluding carboxylic acids is 1. The molecule has 0 aliphatic carbocycles. The second kappa shape index (κ2) is 6.87. The fraction of sp³-hybridized carbons (Fsp3) is 0.263. The van der Waals surface area contributed by atoms with Crippen molar-refractivity contribution >= 4 is 5.91 Å². The van der Waals surface area contributed by atoms with Crippen LogP contribution in [0.1, 0.15) is 27.7 Å². The molecule has 0 N–H and O–H groups in total. The lowest BCUT2D eigenvalue weighted by Gasteiger charge is -2.36. The van der Waals surface area contributed by atoms with Crippen molar-refractivity contribution in [2.45, 2.75) is 12.1 Å². The van der Waals surface area contributed by atoms with Crippen LogP contribution in [0.15, 0.2) is 51.9 Å². The van der Waals surface area contributed by atoms with E-state index < -0.39 is 11.7 Å². The Balaban J connectivity index is 1.47. The van der Waals surface area contributed by atoms with E-state index >= 15 is 0 Å². The van der Waals surface area contributed by atoms with Crippen molar-refractivity contribution in [1.29, 1.82) is 0 Å². The molecule has 1 aromatic carbocycles. The number of pyridine rings is 1. The van der Waals surface area contributed by atoms with Gasteiger partial charge in [0.1, 0.15) is 5.56 Å². The molecule has 7 nitrogen and oxygen atoms in total. The lowest BCUT2D eigenvalue weighted by atomic mass is 9.99. The topological polar surface area (TPSA) is 81.2 Å². The van der Waals surface area contributed by atoms with Crippen LogP contribution >= 0.6 is 0 Å². The third-order valence-electron chi connectivity index (χ3n) is 4.76. The van der Waals surface area contributed by atoms with E-state index in [9.17, 15) is 22.8 Å². The first-order valence-corrected chi connectivity index (χ1v) is 8.70. The highest BCUT2D eigenvalue weighted by atomic mass is 19.4. The molecular formula is C19H15F3N4O3. The number of aryl methyl sites for hydroxylation is 1. The largest absolute Gasteiger partial charge is 0.416 e. The van der Waals surface area contributed by atoms with E-state index in [1.807, 2.05) is 0 Å². The molecule has 10 heteroatoms. The molecule has 1 aliphatic rings. The Labute approximate surface area is 162 Å². The van der Waals surface area contributed by atoms with Gasteiger partial charge in [-0.05, 0) is 24.3 Å². The van der Waals surface area contributed by atoms with Crippen LogP contribution in [0.5, 0.6) is 0 Å². The molecule has 0 bridgehead atoms. The fourth-order valence-electron chi connectivity index (χ4n) is 3.08. The Morgan fingerprint density at radius 1 is 1.21 bits per heavy atom. The maximum atomic E-state index is 12.9. The summed E-state index contributed by atoms with van der Waals surface area (Å²) < 4.78 is 45.1. The van der Waals surface area contributed by atoms with Crippen molar-refractivity contribution in [3.8, 4) is 11.4 Å². The molecule has 0 atom stereocenters. The third kappa shape index (κ3) is 3.53. The van der Waals surface area contributed by atoms with Crippen molar-refractivity contribution in [1.82, 2.24) is 19.6 Å². The molecule has 150 valence electrons. The lowest BCUT2D eigenvalue weighted by molar-refractivity contribution is -0.137. The van der Waals surface area contributed by atoms with E-state index in [0.29, 0.717) is 0 Å². The van der Waals surface area contributed by atoms with E-state index in [-0.39, 0.29) is 53.3 Å². The number of amides is 1. The molecule has 0 spiro atoms. The van der Waals surface area contributed by atoms with Crippen molar-refractivity contribution in [2.24, 2.45) is 7.05 Å². The Morgan fingerprint density at radius 2 is 1.97 bits per heavy atom. The number of likely N-dealkylation sites (tertiary alicyclic amines) is 1. The number of aromatic nitrogens is 3. The predicted molar refractivity (Wildman–Crippen MR) is 95.1 cm³/mol. The van der Waals surface area contributed by atoms with E-state index in [4.69, 9.17) is 4.52 Å². The summed E-state index contributed by atoms with van der Waals surface area (Å²) in [6.07, 6.45) is -2.91. The fourth-order valence-corrected chi connectivity index (χ4v) is 3.08. The summed E-state index contributed by atoms with van der Waals surface area (Å²) >= 11 is 0. The Morgan fingerprint density at radius 3 is 2.69 bits per heavy atom. The molecule has 3 heterocycles. The molecule has 0 unspecified atom stereocenters. The third-order valence-corrected chi connectivity index (χ3v) is 4.76. The summed E-state index contributed by atoms with van der Waals surface area (Å²) in [5.41, 5.74) is -0.921. The molecule has 1 amide bonds. The Kier molecular flexibility index (Phi) is 4.48. The second-order valence-electron chi connectivity index (χ2n) is 6.78. The molecule has 1 fully saturated rings. The van der Waals surface area contributed by atoms with Crippen LogP contribution in [0, 0.1) is 0 Å². The van der Waals surface area contributed by atoms with Crippen LogP contribution in [0.25, 0.3) is 11.4 Å². The van der Waals surface area contributed by atoms with Gasteiger partial charge < -0.3 is 14.0 Å². The quantitative estimate of drug-likeness (QED) is 0.671. The normalized spacial score (nSPS) is 14.7. The average molecular weight is 404 g/mol. The zero-order valence-electron chi connectivity index (χ0n) is 15.2. The zero-order valence-corrected chi connectivity index (χ0v) is 15.2. The molecule has 3 aromatic rings. The van der Waals surface area contributed by atoms with E-state index in [0.717, 1.165) is 12.1 Å². The van der Waals surface area contributed by atoms with Gasteiger partial charge in [0.05, 0.1) is 11.5 Å². The van der Waals surface area contributed by atoms with Gasteiger partial charge >= 0.3 is 6.18 Å². The number of hydrogen-bond acceptors (Lipinski definition) is 5. The van der Waals surface area contributed by atoms with Crippen LogP contribution in [-0.4, -0.2) is 38.6 Å². The number of rotatable bonds is 3. The van der Waals surface area contributed by atoms with Gasteiger partial charge in [0.2, 0.25) is 11.7 Å². The van der Waals surface area contributed by atoms with Crippen molar-refractivity contribution in [2.75, 3.05) is 13.1 Å². The first kappa shape index (κ1) is 18.9. The highest BCUT2D eigenvalue weighted by Crippen LogP contribution is 2.32. The predicted octanol–water partition coefficient (Wildman–Crippen LogP) is 2.69. The van der Waals surface area contributed by atoms with Gasteiger partial charge in [-0.3, -0.25) is 9.59 Å². The molecule has 0 saturated carbocycles. The van der Waals surface area contributed by atoms with Gasteiger partial charge in [0, 0.05) is 31.9 Å². The smallest absolute Gasteiger partial charge is 0.339 e. The number of halogens is 3. The Bertz CT molecular complexity index is 1130. The minimum atomic E-state index is -4.47. The molecule has 1 aliphatic heterocycles. The maximum Gasteiger partial charge on any atom is 0.416 e. The molecule has 2 aromatic heterocycles. The Hall–Kier alpha value is -3.43. The summed E-state index contributed by atoms with van der Waals surface area (Å²) in [7, 11) is 1.56. The molecular weight excluding hydrogens is 389 g/mol. The highest BCUT2D eigenvalue weighted by molar-refractivity contribution is 5.94. The van der Waals surface area contributed by atoms with Gasteiger partial charge in [0.25, 0.3) is 11.5 Å². The zero-order chi connectivity index (χ0) is 20.8. The number of benzene rings is 1. The number of nitrogens with zero attached hydrogens (tertiary/aromatic N) is 4. The number of alkyl halides is 3. The molecule has 1 saturated heterocycles. The van der Waals surface area contributed by atoms with Crippen LogP contribution in [0.4, 0.5) is 13.2 Å². The number of carbonyl (C=O) groups is 1. The summed E-state index contributed by atoms with van der Waals surface area (Å²) in [6.45, 7) is 0.558. The molecule has 0 radical (unpaired) electrons. The lowest BCUT2D eigenvalue weighted by Crippen LogP contribution is -2.50. The maximum absolute atomic E-state index is 12.9. The summed E-state index contributed by atoms with van der Waals surface area (Å²) in [4.78, 5) is 30.2. The van der Waals surface area contributed by atoms with Gasteiger partial charge in [0.15, 0.2) is 0 Å². The summed E-state index contributed by atoms with van der Waals surface area (Å²) in [5, 5.41) is 3.76. The van der Waals surface area contributed by atoms with Crippen LogP contribution < -0.4 is 5.56 Å². The summed E-state index contributed by atoms with van der Waals surface area (Å²) in [5.74, 6) is -0.339. The van der Waals surface area contributed by atoms with Crippen molar-refractivity contribution < 1.29 is 22.5 Å². The molecule has 29 heavy (non-hydrogen) atoms. The van der Waals surface area contributed by atoms with Gasteiger partial charge in [-0.1, -0.05) is 17.3 Å². The molecule has 4 rings (SSSR count). The highest BCUT2D eigenvalue weighted by Gasteiger charge is 2.37. The monoisotopic (exact) mass is 404 g/mol. The average Bonchev–Trinajstić information content (AvgIpc) is 3.12. The second-order valence-corrected chi connectivity index (χ2v) is 6.78. The van der Waals surface area contributed by atoms with Crippen LogP contribution in [-0.2, 0) is 13.2 Å². The standard InChI is InChI=1S/C19H15F3N4O3/c1-25-7-3-6-14(17(25)27)18(28)26-9-12(10-26)16-23-15(24-29-16)11-4-2-5-13(8-11)19(20,21)22/h2-8,12H,9-10H2,1H3. The van der Waals surface area contributed by atoms with Crippen molar-refractivity contribution in [3.63, 3.8) is 0 Å². The SMILES string of the molecule is Cn1cccc(C(=O)N2CC(c3nc(-c4cccc(C(F)(F)F)c4)no3)C2)c1=O. The van der Waals surface area contributed by atoms with E-state index in [2.05, 4.69) is 10.1 Å². The van der Waals surface area contributed by atoms with E-state index in [1.54, 1.807) is 19.3 Å². The van der Waals surface area contributed by atoms with Crippen LogP contribution in [0.2, 0.25) is 0 Å². The van der Waals surface area contributed by atoms with Gasteiger partial charge in [-0.2, -0.15) is 18.2 Å². The minimum absolute atomic E-state index is 0.0489. The minimum Gasteiger partial charge on any atom is -0.339 e. The first-order valence-electron chi connectivity index (χ1n) is 8.70.